The molecule has 1 N–H and O–H groups in total. The molecule has 0 spiro atoms. The molecule has 0 aliphatic carbocycles. The number of hydrogen-bond acceptors (Lipinski definition) is 2. The van der Waals surface area contributed by atoms with Crippen molar-refractivity contribution in [3.8, 4) is 6.07 Å². The lowest BCUT2D eigenvalue weighted by molar-refractivity contribution is -0.0609. The highest BCUT2D eigenvalue weighted by molar-refractivity contribution is 4.96. The fourth-order valence-electron chi connectivity index (χ4n) is 1.27. The van der Waals surface area contributed by atoms with Gasteiger partial charge in [-0.3, -0.25) is 0 Å². The number of hydrogen-bond donors (Lipinski definition) is 1. The summed E-state index contributed by atoms with van der Waals surface area (Å²) in [6.07, 6.45) is 1.84. The first-order chi connectivity index (χ1) is 5.37. The second-order valence-electron chi connectivity index (χ2n) is 4.37. The standard InChI is InChI=1S/C10H19NO/c1-5-6-10(12,7-8-11)9(2,3)4/h12H,5-7H2,1-4H3. The SMILES string of the molecule is CCCC(O)(CC#N)C(C)(C)C. The monoisotopic (exact) mass is 169 g/mol. The van der Waals surface area contributed by atoms with E-state index in [-0.39, 0.29) is 11.8 Å². The number of rotatable bonds is 3. The van der Waals surface area contributed by atoms with Crippen molar-refractivity contribution in [1.29, 1.82) is 5.26 Å². The van der Waals surface area contributed by atoms with E-state index >= 15 is 0 Å². The quantitative estimate of drug-likeness (QED) is 0.705. The van der Waals surface area contributed by atoms with Gasteiger partial charge in [-0.05, 0) is 11.8 Å². The smallest absolute Gasteiger partial charge is 0.0825 e. The summed E-state index contributed by atoms with van der Waals surface area (Å²) in [5.41, 5.74) is -1.03. The van der Waals surface area contributed by atoms with Crippen molar-refractivity contribution in [1.82, 2.24) is 0 Å². The van der Waals surface area contributed by atoms with Crippen molar-refractivity contribution in [2.45, 2.75) is 52.6 Å². The van der Waals surface area contributed by atoms with Crippen molar-refractivity contribution < 1.29 is 5.11 Å². The zero-order chi connectivity index (χ0) is 9.83. The highest BCUT2D eigenvalue weighted by atomic mass is 16.3. The van der Waals surface area contributed by atoms with E-state index in [2.05, 4.69) is 0 Å². The second kappa shape index (κ2) is 3.91. The molecule has 0 radical (unpaired) electrons. The Labute approximate surface area is 75.2 Å². The summed E-state index contributed by atoms with van der Waals surface area (Å²) in [6, 6.07) is 2.05. The summed E-state index contributed by atoms with van der Waals surface area (Å²) in [7, 11) is 0. The van der Waals surface area contributed by atoms with Crippen LogP contribution >= 0.6 is 0 Å². The van der Waals surface area contributed by atoms with Gasteiger partial charge in [0.15, 0.2) is 0 Å². The number of nitriles is 1. The molecule has 0 aliphatic rings. The average Bonchev–Trinajstić information content (AvgIpc) is 1.86. The third-order valence-electron chi connectivity index (χ3n) is 2.43. The molecule has 0 aromatic carbocycles. The molecule has 2 nitrogen and oxygen atoms in total. The van der Waals surface area contributed by atoms with Crippen LogP contribution in [0.25, 0.3) is 0 Å². The van der Waals surface area contributed by atoms with Gasteiger partial charge < -0.3 is 5.11 Å². The van der Waals surface area contributed by atoms with Crippen LogP contribution < -0.4 is 0 Å². The maximum atomic E-state index is 10.1. The highest BCUT2D eigenvalue weighted by Gasteiger charge is 2.38. The van der Waals surface area contributed by atoms with Gasteiger partial charge in [-0.1, -0.05) is 34.1 Å². The fraction of sp³-hybridized carbons (Fsp3) is 0.900. The molecule has 0 saturated carbocycles. The van der Waals surface area contributed by atoms with Crippen LogP contribution in [0.4, 0.5) is 0 Å². The van der Waals surface area contributed by atoms with Crippen molar-refractivity contribution >= 4 is 0 Å². The van der Waals surface area contributed by atoms with Gasteiger partial charge in [-0.15, -0.1) is 0 Å². The van der Waals surface area contributed by atoms with Crippen LogP contribution in [0.3, 0.4) is 0 Å². The van der Waals surface area contributed by atoms with Gasteiger partial charge in [0.2, 0.25) is 0 Å². The summed E-state index contributed by atoms with van der Waals surface area (Å²) in [5.74, 6) is 0. The zero-order valence-electron chi connectivity index (χ0n) is 8.52. The van der Waals surface area contributed by atoms with Gasteiger partial charge in [-0.2, -0.15) is 5.26 Å². The minimum atomic E-state index is -0.823. The summed E-state index contributed by atoms with van der Waals surface area (Å²) < 4.78 is 0. The normalized spacial score (nSPS) is 16.7. The molecule has 0 heterocycles. The first-order valence-electron chi connectivity index (χ1n) is 4.46. The lowest BCUT2D eigenvalue weighted by Gasteiger charge is -2.38. The van der Waals surface area contributed by atoms with E-state index < -0.39 is 5.60 Å². The van der Waals surface area contributed by atoms with Gasteiger partial charge in [0.25, 0.3) is 0 Å². The Hall–Kier alpha value is -0.550. The van der Waals surface area contributed by atoms with Gasteiger partial charge in [0, 0.05) is 0 Å². The van der Waals surface area contributed by atoms with E-state index in [0.29, 0.717) is 6.42 Å². The molecule has 0 fully saturated rings. The number of nitrogens with zero attached hydrogens (tertiary/aromatic N) is 1. The Morgan fingerprint density at radius 2 is 1.83 bits per heavy atom. The fourth-order valence-corrected chi connectivity index (χ4v) is 1.27. The molecule has 0 aromatic heterocycles. The van der Waals surface area contributed by atoms with Gasteiger partial charge >= 0.3 is 0 Å². The highest BCUT2D eigenvalue weighted by Crippen LogP contribution is 2.36. The molecule has 0 bridgehead atoms. The van der Waals surface area contributed by atoms with Crippen molar-refractivity contribution in [2.24, 2.45) is 5.41 Å². The lowest BCUT2D eigenvalue weighted by Crippen LogP contribution is -2.42. The van der Waals surface area contributed by atoms with E-state index in [1.165, 1.54) is 0 Å². The van der Waals surface area contributed by atoms with Gasteiger partial charge in [0.05, 0.1) is 18.1 Å². The largest absolute Gasteiger partial charge is 0.388 e. The first-order valence-corrected chi connectivity index (χ1v) is 4.46. The minimum absolute atomic E-state index is 0.210. The number of aliphatic hydroxyl groups is 1. The lowest BCUT2D eigenvalue weighted by atomic mass is 9.72. The molecule has 1 unspecified atom stereocenters. The molecule has 12 heavy (non-hydrogen) atoms. The van der Waals surface area contributed by atoms with E-state index in [9.17, 15) is 5.11 Å². The maximum Gasteiger partial charge on any atom is 0.0825 e. The second-order valence-corrected chi connectivity index (χ2v) is 4.37. The van der Waals surface area contributed by atoms with Crippen LogP contribution in [0.2, 0.25) is 0 Å². The molecule has 70 valence electrons. The zero-order valence-corrected chi connectivity index (χ0v) is 8.52. The molecule has 1 atom stereocenters. The Kier molecular flexibility index (Phi) is 3.73. The van der Waals surface area contributed by atoms with Crippen LogP contribution in [0, 0.1) is 16.7 Å². The first kappa shape index (κ1) is 11.4. The van der Waals surface area contributed by atoms with Crippen LogP contribution in [-0.4, -0.2) is 10.7 Å². The van der Waals surface area contributed by atoms with E-state index in [1.54, 1.807) is 0 Å². The van der Waals surface area contributed by atoms with Crippen LogP contribution in [0.15, 0.2) is 0 Å². The summed E-state index contributed by atoms with van der Waals surface area (Å²) in [6.45, 7) is 7.94. The molecule has 0 aromatic rings. The summed E-state index contributed by atoms with van der Waals surface area (Å²) >= 11 is 0. The van der Waals surface area contributed by atoms with Crippen LogP contribution in [0.5, 0.6) is 0 Å². The van der Waals surface area contributed by atoms with Gasteiger partial charge in [-0.25, -0.2) is 0 Å². The predicted molar refractivity (Wildman–Crippen MR) is 49.5 cm³/mol. The minimum Gasteiger partial charge on any atom is -0.388 e. The van der Waals surface area contributed by atoms with E-state index in [0.717, 1.165) is 6.42 Å². The Bertz CT molecular complexity index is 175. The topological polar surface area (TPSA) is 44.0 Å². The Morgan fingerprint density at radius 3 is 2.08 bits per heavy atom. The molecule has 0 saturated heterocycles. The maximum absolute atomic E-state index is 10.1. The predicted octanol–water partition coefficient (Wildman–Crippen LogP) is 2.48. The average molecular weight is 169 g/mol. The molecular formula is C10H19NO. The van der Waals surface area contributed by atoms with Gasteiger partial charge in [0.1, 0.15) is 0 Å². The Morgan fingerprint density at radius 1 is 1.33 bits per heavy atom. The van der Waals surface area contributed by atoms with E-state index in [4.69, 9.17) is 5.26 Å². The summed E-state index contributed by atoms with van der Waals surface area (Å²) in [4.78, 5) is 0. The summed E-state index contributed by atoms with van der Waals surface area (Å²) in [5, 5.41) is 18.7. The molecular weight excluding hydrogens is 150 g/mol. The van der Waals surface area contributed by atoms with Crippen molar-refractivity contribution in [3.63, 3.8) is 0 Å². The van der Waals surface area contributed by atoms with Crippen LogP contribution in [-0.2, 0) is 0 Å². The molecule has 0 rings (SSSR count). The third kappa shape index (κ3) is 2.49. The van der Waals surface area contributed by atoms with Crippen molar-refractivity contribution in [2.75, 3.05) is 0 Å². The molecule has 0 amide bonds. The van der Waals surface area contributed by atoms with Crippen molar-refractivity contribution in [3.05, 3.63) is 0 Å². The Balaban J connectivity index is 4.52. The van der Waals surface area contributed by atoms with Crippen LogP contribution in [0.1, 0.15) is 47.0 Å². The molecule has 2 heteroatoms. The molecule has 0 aliphatic heterocycles. The third-order valence-corrected chi connectivity index (χ3v) is 2.43. The van der Waals surface area contributed by atoms with E-state index in [1.807, 2.05) is 33.8 Å².